The van der Waals surface area contributed by atoms with E-state index in [1.54, 1.807) is 18.0 Å². The minimum Gasteiger partial charge on any atom is -0.338 e. The first-order chi connectivity index (χ1) is 8.91. The number of anilines is 1. The summed E-state index contributed by atoms with van der Waals surface area (Å²) >= 11 is 1.66. The van der Waals surface area contributed by atoms with Gasteiger partial charge in [0, 0.05) is 42.1 Å². The van der Waals surface area contributed by atoms with Crippen LogP contribution in [0.3, 0.4) is 0 Å². The van der Waals surface area contributed by atoms with Crippen molar-refractivity contribution in [2.45, 2.75) is 18.3 Å². The van der Waals surface area contributed by atoms with E-state index in [4.69, 9.17) is 5.73 Å². The number of rotatable bonds is 3. The van der Waals surface area contributed by atoms with Crippen LogP contribution in [0.5, 0.6) is 0 Å². The highest BCUT2D eigenvalue weighted by atomic mass is 32.2. The van der Waals surface area contributed by atoms with Gasteiger partial charge in [0.1, 0.15) is 11.2 Å². The predicted octanol–water partition coefficient (Wildman–Crippen LogP) is 1.03. The molecule has 0 aliphatic carbocycles. The molecule has 1 aliphatic rings. The summed E-state index contributed by atoms with van der Waals surface area (Å²) in [4.78, 5) is 6.24. The van der Waals surface area contributed by atoms with Crippen LogP contribution >= 0.6 is 11.8 Å². The Labute approximate surface area is 118 Å². The topological polar surface area (TPSA) is 76.3 Å². The van der Waals surface area contributed by atoms with Gasteiger partial charge in [0.25, 0.3) is 0 Å². The first-order valence-electron chi connectivity index (χ1n) is 6.15. The Balaban J connectivity index is 2.44. The predicted molar refractivity (Wildman–Crippen MR) is 80.1 cm³/mol. The maximum atomic E-state index is 11.9. The van der Waals surface area contributed by atoms with Crippen LogP contribution in [0.15, 0.2) is 18.3 Å². The molecule has 2 unspecified atom stereocenters. The molecule has 1 aromatic rings. The van der Waals surface area contributed by atoms with Crippen molar-refractivity contribution in [2.75, 3.05) is 29.2 Å². The van der Waals surface area contributed by atoms with Gasteiger partial charge in [-0.05, 0) is 13.0 Å². The van der Waals surface area contributed by atoms with Crippen molar-refractivity contribution in [3.05, 3.63) is 23.9 Å². The fourth-order valence-corrected chi connectivity index (χ4v) is 5.00. The van der Waals surface area contributed by atoms with Crippen molar-refractivity contribution in [3.63, 3.8) is 0 Å². The number of sulfone groups is 1. The molecule has 0 saturated carbocycles. The van der Waals surface area contributed by atoms with E-state index in [-0.39, 0.29) is 6.04 Å². The van der Waals surface area contributed by atoms with Crippen LogP contribution in [0.4, 0.5) is 5.82 Å². The van der Waals surface area contributed by atoms with E-state index in [0.29, 0.717) is 18.1 Å². The first kappa shape index (κ1) is 14.6. The highest BCUT2D eigenvalue weighted by Crippen LogP contribution is 2.29. The first-order valence-corrected chi connectivity index (χ1v) is 9.26. The molecule has 5 nitrogen and oxygen atoms in total. The Hall–Kier alpha value is -0.790. The Kier molecular flexibility index (Phi) is 4.37. The van der Waals surface area contributed by atoms with E-state index >= 15 is 0 Å². The maximum absolute atomic E-state index is 11.9. The molecule has 2 N–H and O–H groups in total. The lowest BCUT2D eigenvalue weighted by Gasteiger charge is -2.36. The van der Waals surface area contributed by atoms with Gasteiger partial charge < -0.3 is 10.6 Å². The molecule has 0 spiro atoms. The summed E-state index contributed by atoms with van der Waals surface area (Å²) in [6.07, 6.45) is 2.97. The molecule has 1 aliphatic heterocycles. The highest BCUT2D eigenvalue weighted by Gasteiger charge is 2.33. The molecule has 2 heterocycles. The zero-order valence-electron chi connectivity index (χ0n) is 11.1. The van der Waals surface area contributed by atoms with Gasteiger partial charge in [0.2, 0.25) is 0 Å². The smallest absolute Gasteiger partial charge is 0.169 e. The molecule has 7 heteroatoms. The Bertz CT molecular complexity index is 546. The lowest BCUT2D eigenvalue weighted by atomic mass is 10.1. The van der Waals surface area contributed by atoms with Crippen LogP contribution in [0, 0.1) is 0 Å². The summed E-state index contributed by atoms with van der Waals surface area (Å²) in [5.74, 6) is 2.18. The molecule has 0 aromatic carbocycles. The van der Waals surface area contributed by atoms with E-state index in [0.717, 1.165) is 11.3 Å². The number of pyridine rings is 1. The van der Waals surface area contributed by atoms with Crippen LogP contribution in [-0.4, -0.2) is 43.1 Å². The van der Waals surface area contributed by atoms with Crippen molar-refractivity contribution in [2.24, 2.45) is 5.73 Å². The van der Waals surface area contributed by atoms with E-state index in [9.17, 15) is 8.42 Å². The van der Waals surface area contributed by atoms with E-state index < -0.39 is 15.2 Å². The second kappa shape index (κ2) is 5.68. The quantitative estimate of drug-likeness (QED) is 0.898. The molecule has 1 aromatic heterocycles. The Morgan fingerprint density at radius 2 is 2.32 bits per heavy atom. The lowest BCUT2D eigenvalue weighted by Crippen LogP contribution is -2.48. The summed E-state index contributed by atoms with van der Waals surface area (Å²) in [6.45, 7) is 2.56. The van der Waals surface area contributed by atoms with Gasteiger partial charge >= 0.3 is 0 Å². The van der Waals surface area contributed by atoms with Crippen LogP contribution < -0.4 is 10.6 Å². The maximum Gasteiger partial charge on any atom is 0.169 e. The lowest BCUT2D eigenvalue weighted by molar-refractivity contribution is 0.583. The monoisotopic (exact) mass is 301 g/mol. The third-order valence-corrected chi connectivity index (χ3v) is 5.80. The van der Waals surface area contributed by atoms with E-state index in [1.165, 1.54) is 6.26 Å². The average molecular weight is 301 g/mol. The number of hydrogen-bond donors (Lipinski definition) is 1. The Morgan fingerprint density at radius 3 is 2.95 bits per heavy atom. The van der Waals surface area contributed by atoms with Gasteiger partial charge in [0.15, 0.2) is 9.84 Å². The molecule has 19 heavy (non-hydrogen) atoms. The zero-order valence-corrected chi connectivity index (χ0v) is 12.7. The van der Waals surface area contributed by atoms with Crippen LogP contribution in [0.25, 0.3) is 0 Å². The van der Waals surface area contributed by atoms with E-state index in [2.05, 4.69) is 4.98 Å². The summed E-state index contributed by atoms with van der Waals surface area (Å²) in [5.41, 5.74) is 6.85. The summed E-state index contributed by atoms with van der Waals surface area (Å²) in [6, 6.07) is 3.57. The minimum atomic E-state index is -3.14. The van der Waals surface area contributed by atoms with E-state index in [1.807, 2.05) is 24.0 Å². The molecule has 0 radical (unpaired) electrons. The van der Waals surface area contributed by atoms with Gasteiger partial charge in [0.05, 0.1) is 0 Å². The van der Waals surface area contributed by atoms with Crippen molar-refractivity contribution >= 4 is 27.4 Å². The van der Waals surface area contributed by atoms with Gasteiger partial charge in [-0.25, -0.2) is 13.4 Å². The third kappa shape index (κ3) is 3.21. The number of nitrogens with two attached hydrogens (primary N) is 1. The molecule has 2 atom stereocenters. The van der Waals surface area contributed by atoms with Crippen LogP contribution in [0.1, 0.15) is 18.5 Å². The third-order valence-electron chi connectivity index (χ3n) is 3.16. The molecule has 106 valence electrons. The largest absolute Gasteiger partial charge is 0.338 e. The highest BCUT2D eigenvalue weighted by molar-refractivity contribution is 8.01. The van der Waals surface area contributed by atoms with Crippen molar-refractivity contribution in [1.29, 1.82) is 0 Å². The van der Waals surface area contributed by atoms with Crippen molar-refractivity contribution < 1.29 is 8.42 Å². The molecular weight excluding hydrogens is 282 g/mol. The van der Waals surface area contributed by atoms with Crippen LogP contribution in [0.2, 0.25) is 0 Å². The van der Waals surface area contributed by atoms with Crippen molar-refractivity contribution in [3.8, 4) is 0 Å². The summed E-state index contributed by atoms with van der Waals surface area (Å²) in [7, 11) is -3.14. The molecule has 1 fully saturated rings. The summed E-state index contributed by atoms with van der Waals surface area (Å²) in [5, 5.41) is -0.515. The standard InChI is InChI=1S/C12H19N3O2S2/c1-9(13)10-4-3-5-14-12(10)15-6-7-18-8-11(15)19(2,16)17/h3-5,9,11H,6-8,13H2,1-2H3. The average Bonchev–Trinajstić information content (AvgIpc) is 2.37. The van der Waals surface area contributed by atoms with Gasteiger partial charge in [-0.1, -0.05) is 6.07 Å². The summed E-state index contributed by atoms with van der Waals surface area (Å²) < 4.78 is 23.9. The number of hydrogen-bond acceptors (Lipinski definition) is 6. The van der Waals surface area contributed by atoms with Gasteiger partial charge in [-0.3, -0.25) is 0 Å². The normalized spacial score (nSPS) is 22.3. The molecule has 2 rings (SSSR count). The minimum absolute atomic E-state index is 0.168. The Morgan fingerprint density at radius 1 is 1.58 bits per heavy atom. The molecular formula is C12H19N3O2S2. The fourth-order valence-electron chi connectivity index (χ4n) is 2.18. The number of nitrogens with zero attached hydrogens (tertiary/aromatic N) is 2. The molecule has 1 saturated heterocycles. The van der Waals surface area contributed by atoms with Gasteiger partial charge in [-0.2, -0.15) is 11.8 Å². The van der Waals surface area contributed by atoms with Gasteiger partial charge in [-0.15, -0.1) is 0 Å². The SMILES string of the molecule is CC(N)c1cccnc1N1CCSCC1S(C)(=O)=O. The second-order valence-electron chi connectivity index (χ2n) is 4.76. The second-order valence-corrected chi connectivity index (χ2v) is 8.11. The molecule has 0 amide bonds. The zero-order chi connectivity index (χ0) is 14.0. The number of aromatic nitrogens is 1. The van der Waals surface area contributed by atoms with Crippen LogP contribution in [-0.2, 0) is 9.84 Å². The molecule has 0 bridgehead atoms. The fraction of sp³-hybridized carbons (Fsp3) is 0.583. The number of thioether (sulfide) groups is 1. The van der Waals surface area contributed by atoms with Crippen molar-refractivity contribution in [1.82, 2.24) is 4.98 Å².